The van der Waals surface area contributed by atoms with Crippen LogP contribution in [0.5, 0.6) is 0 Å². The van der Waals surface area contributed by atoms with E-state index in [0.717, 1.165) is 17.3 Å². The number of hydrogen-bond acceptors (Lipinski definition) is 3. The van der Waals surface area contributed by atoms with Crippen molar-refractivity contribution in [3.8, 4) is 0 Å². The SMILES string of the molecule is Cl.NC1(C(=O)NCC2(c3ccccc3Br)CC2)CCOCC1. The summed E-state index contributed by atoms with van der Waals surface area (Å²) in [6.45, 7) is 1.80. The van der Waals surface area contributed by atoms with Gasteiger partial charge in [-0.3, -0.25) is 4.79 Å². The zero-order chi connectivity index (χ0) is 14.9. The van der Waals surface area contributed by atoms with E-state index in [0.29, 0.717) is 32.6 Å². The van der Waals surface area contributed by atoms with E-state index in [9.17, 15) is 4.79 Å². The molecule has 0 bridgehead atoms. The Morgan fingerprint density at radius 2 is 1.86 bits per heavy atom. The van der Waals surface area contributed by atoms with Gasteiger partial charge in [-0.2, -0.15) is 0 Å². The van der Waals surface area contributed by atoms with Crippen LogP contribution >= 0.6 is 28.3 Å². The van der Waals surface area contributed by atoms with Gasteiger partial charge in [0.2, 0.25) is 5.91 Å². The average Bonchev–Trinajstić information content (AvgIpc) is 3.27. The third-order valence-electron chi connectivity index (χ3n) is 4.72. The molecule has 0 unspecified atom stereocenters. The van der Waals surface area contributed by atoms with Crippen LogP contribution in [0.25, 0.3) is 0 Å². The highest BCUT2D eigenvalue weighted by molar-refractivity contribution is 9.10. The fraction of sp³-hybridized carbons (Fsp3) is 0.562. The standard InChI is InChI=1S/C16H21BrN2O2.ClH/c17-13-4-2-1-3-12(13)15(5-6-15)11-19-14(20)16(18)7-9-21-10-8-16;/h1-4H,5-11,18H2,(H,19,20);1H. The van der Waals surface area contributed by atoms with Gasteiger partial charge in [0.1, 0.15) is 0 Å². The van der Waals surface area contributed by atoms with Crippen molar-refractivity contribution in [1.29, 1.82) is 0 Å². The van der Waals surface area contributed by atoms with Crippen molar-refractivity contribution in [3.63, 3.8) is 0 Å². The molecule has 1 aliphatic carbocycles. The number of carbonyl (C=O) groups is 1. The van der Waals surface area contributed by atoms with Gasteiger partial charge in [-0.25, -0.2) is 0 Å². The number of carbonyl (C=O) groups excluding carboxylic acids is 1. The molecular formula is C16H22BrClN2O2. The van der Waals surface area contributed by atoms with Crippen molar-refractivity contribution in [1.82, 2.24) is 5.32 Å². The van der Waals surface area contributed by atoms with E-state index in [1.807, 2.05) is 12.1 Å². The summed E-state index contributed by atoms with van der Waals surface area (Å²) < 4.78 is 6.41. The van der Waals surface area contributed by atoms with Crippen LogP contribution in [0.4, 0.5) is 0 Å². The molecule has 1 saturated heterocycles. The highest BCUT2D eigenvalue weighted by Crippen LogP contribution is 2.49. The number of halogens is 2. The lowest BCUT2D eigenvalue weighted by molar-refractivity contribution is -0.129. The summed E-state index contributed by atoms with van der Waals surface area (Å²) >= 11 is 3.61. The van der Waals surface area contributed by atoms with Gasteiger partial charge < -0.3 is 15.8 Å². The fourth-order valence-electron chi connectivity index (χ4n) is 2.97. The first kappa shape index (κ1) is 17.7. The third kappa shape index (κ3) is 3.48. The Hall–Kier alpha value is -0.620. The molecule has 4 nitrogen and oxygen atoms in total. The van der Waals surface area contributed by atoms with Crippen LogP contribution in [0.1, 0.15) is 31.2 Å². The molecule has 2 aliphatic rings. The van der Waals surface area contributed by atoms with Gasteiger partial charge >= 0.3 is 0 Å². The van der Waals surface area contributed by atoms with Gasteiger partial charge in [-0.1, -0.05) is 34.1 Å². The van der Waals surface area contributed by atoms with Gasteiger partial charge in [0.15, 0.2) is 0 Å². The van der Waals surface area contributed by atoms with Crippen LogP contribution in [-0.2, 0) is 14.9 Å². The predicted octanol–water partition coefficient (Wildman–Crippen LogP) is 2.53. The molecule has 22 heavy (non-hydrogen) atoms. The topological polar surface area (TPSA) is 64.4 Å². The zero-order valence-corrected chi connectivity index (χ0v) is 14.8. The summed E-state index contributed by atoms with van der Waals surface area (Å²) in [7, 11) is 0. The van der Waals surface area contributed by atoms with Gasteiger partial charge in [-0.05, 0) is 37.3 Å². The Balaban J connectivity index is 0.00000176. The third-order valence-corrected chi connectivity index (χ3v) is 5.41. The second-order valence-electron chi connectivity index (χ2n) is 6.21. The Kier molecular flexibility index (Phi) is 5.54. The normalized spacial score (nSPS) is 21.5. The summed E-state index contributed by atoms with van der Waals surface area (Å²) in [5.74, 6) is -0.0378. The molecule has 1 saturated carbocycles. The molecule has 1 aromatic carbocycles. The number of hydrogen-bond donors (Lipinski definition) is 2. The minimum atomic E-state index is -0.762. The van der Waals surface area contributed by atoms with Gasteiger partial charge in [0, 0.05) is 29.6 Å². The lowest BCUT2D eigenvalue weighted by Gasteiger charge is -2.32. The first-order chi connectivity index (χ1) is 10.1. The first-order valence-electron chi connectivity index (χ1n) is 7.46. The molecule has 0 aromatic heterocycles. The summed E-state index contributed by atoms with van der Waals surface area (Å²) in [5.41, 5.74) is 6.82. The van der Waals surface area contributed by atoms with E-state index in [1.54, 1.807) is 0 Å². The van der Waals surface area contributed by atoms with E-state index < -0.39 is 5.54 Å². The Labute approximate surface area is 145 Å². The molecule has 0 atom stereocenters. The Bertz CT molecular complexity index is 543. The molecule has 2 fully saturated rings. The van der Waals surface area contributed by atoms with Crippen molar-refractivity contribution in [2.45, 2.75) is 36.6 Å². The fourth-order valence-corrected chi connectivity index (χ4v) is 3.68. The van der Waals surface area contributed by atoms with Crippen LogP contribution in [0, 0.1) is 0 Å². The van der Waals surface area contributed by atoms with E-state index in [2.05, 4.69) is 33.4 Å². The number of amides is 1. The van der Waals surface area contributed by atoms with Crippen LogP contribution in [0.2, 0.25) is 0 Å². The molecule has 6 heteroatoms. The monoisotopic (exact) mass is 388 g/mol. The summed E-state index contributed by atoms with van der Waals surface area (Å²) in [5, 5.41) is 3.08. The molecule has 0 radical (unpaired) electrons. The summed E-state index contributed by atoms with van der Waals surface area (Å²) in [6, 6.07) is 8.25. The second-order valence-corrected chi connectivity index (χ2v) is 7.07. The van der Waals surface area contributed by atoms with Crippen molar-refractivity contribution in [2.24, 2.45) is 5.73 Å². The van der Waals surface area contributed by atoms with Gasteiger partial charge in [0.05, 0.1) is 5.54 Å². The zero-order valence-electron chi connectivity index (χ0n) is 12.4. The number of nitrogens with two attached hydrogens (primary N) is 1. The van der Waals surface area contributed by atoms with E-state index >= 15 is 0 Å². The smallest absolute Gasteiger partial charge is 0.240 e. The van der Waals surface area contributed by atoms with E-state index in [1.165, 1.54) is 5.56 Å². The van der Waals surface area contributed by atoms with Crippen LogP contribution in [0.15, 0.2) is 28.7 Å². The highest BCUT2D eigenvalue weighted by Gasteiger charge is 2.46. The van der Waals surface area contributed by atoms with Crippen LogP contribution < -0.4 is 11.1 Å². The molecule has 1 aliphatic heterocycles. The lowest BCUT2D eigenvalue weighted by atomic mass is 9.89. The molecular weight excluding hydrogens is 368 g/mol. The minimum absolute atomic E-state index is 0. The van der Waals surface area contributed by atoms with Crippen molar-refractivity contribution < 1.29 is 9.53 Å². The Morgan fingerprint density at radius 1 is 1.23 bits per heavy atom. The maximum absolute atomic E-state index is 12.4. The quantitative estimate of drug-likeness (QED) is 0.832. The van der Waals surface area contributed by atoms with Crippen molar-refractivity contribution in [3.05, 3.63) is 34.3 Å². The number of rotatable bonds is 4. The number of nitrogens with one attached hydrogen (secondary N) is 1. The van der Waals surface area contributed by atoms with Crippen LogP contribution in [0.3, 0.4) is 0 Å². The average molecular weight is 390 g/mol. The van der Waals surface area contributed by atoms with Crippen LogP contribution in [-0.4, -0.2) is 31.2 Å². The van der Waals surface area contributed by atoms with Crippen molar-refractivity contribution >= 4 is 34.2 Å². The minimum Gasteiger partial charge on any atom is -0.381 e. The summed E-state index contributed by atoms with van der Waals surface area (Å²) in [6.07, 6.45) is 3.41. The number of benzene rings is 1. The van der Waals surface area contributed by atoms with Gasteiger partial charge in [0.25, 0.3) is 0 Å². The molecule has 3 rings (SSSR count). The maximum Gasteiger partial charge on any atom is 0.240 e. The largest absolute Gasteiger partial charge is 0.381 e. The predicted molar refractivity (Wildman–Crippen MR) is 92.3 cm³/mol. The molecule has 1 aromatic rings. The maximum atomic E-state index is 12.4. The molecule has 122 valence electrons. The van der Waals surface area contributed by atoms with Crippen molar-refractivity contribution in [2.75, 3.05) is 19.8 Å². The highest BCUT2D eigenvalue weighted by atomic mass is 79.9. The number of ether oxygens (including phenoxy) is 1. The lowest BCUT2D eigenvalue weighted by Crippen LogP contribution is -2.57. The Morgan fingerprint density at radius 3 is 2.45 bits per heavy atom. The molecule has 0 spiro atoms. The van der Waals surface area contributed by atoms with Gasteiger partial charge in [-0.15, -0.1) is 12.4 Å². The summed E-state index contributed by atoms with van der Waals surface area (Å²) in [4.78, 5) is 12.4. The van der Waals surface area contributed by atoms with E-state index in [-0.39, 0.29) is 23.7 Å². The second kappa shape index (κ2) is 6.87. The first-order valence-corrected chi connectivity index (χ1v) is 8.25. The van der Waals surface area contributed by atoms with E-state index in [4.69, 9.17) is 10.5 Å². The molecule has 1 heterocycles. The molecule has 3 N–H and O–H groups in total. The molecule has 1 amide bonds.